The van der Waals surface area contributed by atoms with E-state index in [-0.39, 0.29) is 12.4 Å². The van der Waals surface area contributed by atoms with Crippen molar-refractivity contribution in [1.82, 2.24) is 20.1 Å². The van der Waals surface area contributed by atoms with E-state index in [1.54, 1.807) is 30.5 Å². The normalized spacial score (nSPS) is 17.0. The lowest BCUT2D eigenvalue weighted by molar-refractivity contribution is -0.140. The van der Waals surface area contributed by atoms with E-state index < -0.39 is 23.8 Å². The van der Waals surface area contributed by atoms with Crippen molar-refractivity contribution in [2.75, 3.05) is 24.5 Å². The number of rotatable bonds is 5. The summed E-state index contributed by atoms with van der Waals surface area (Å²) in [5, 5.41) is 25.8. The van der Waals surface area contributed by atoms with Gasteiger partial charge in [-0.3, -0.25) is 10.00 Å². The second-order valence-corrected chi connectivity index (χ2v) is 7.63. The molecule has 1 aromatic carbocycles. The van der Waals surface area contributed by atoms with Gasteiger partial charge in [-0.1, -0.05) is 12.1 Å². The molecular formula is C22H19F3N6O2. The Hall–Kier alpha value is -3.91. The highest BCUT2D eigenvalue weighted by Gasteiger charge is 2.35. The fraction of sp³-hybridized carbons (Fsp3) is 0.273. The third-order valence-electron chi connectivity index (χ3n) is 5.52. The highest BCUT2D eigenvalue weighted by atomic mass is 19.4. The molecule has 8 nitrogen and oxygen atoms in total. The summed E-state index contributed by atoms with van der Waals surface area (Å²) in [4.78, 5) is 19.3. The molecule has 1 aliphatic rings. The topological polar surface area (TPSA) is 109 Å². The number of anilines is 1. The van der Waals surface area contributed by atoms with Crippen molar-refractivity contribution in [3.05, 3.63) is 65.5 Å². The van der Waals surface area contributed by atoms with Gasteiger partial charge in [0.25, 0.3) is 0 Å². The molecule has 0 unspecified atom stereocenters. The molecule has 0 radical (unpaired) electrons. The maximum absolute atomic E-state index is 12.8. The van der Waals surface area contributed by atoms with Crippen LogP contribution in [0.2, 0.25) is 0 Å². The molecule has 1 fully saturated rings. The summed E-state index contributed by atoms with van der Waals surface area (Å²) >= 11 is 0. The van der Waals surface area contributed by atoms with E-state index in [9.17, 15) is 23.1 Å². The number of benzene rings is 1. The van der Waals surface area contributed by atoms with Crippen LogP contribution in [0.15, 0.2) is 48.8 Å². The molecule has 170 valence electrons. The SMILES string of the molecule is N#Cc1ccc(-c2n[nH]cc2CN2CCN(c3ccc(C(F)(F)F)cn3)[C@H](C(=O)O)C2)cc1. The molecule has 0 saturated carbocycles. The number of aliphatic carboxylic acids is 1. The van der Waals surface area contributed by atoms with Crippen LogP contribution in [0, 0.1) is 11.3 Å². The molecule has 33 heavy (non-hydrogen) atoms. The van der Waals surface area contributed by atoms with Crippen molar-refractivity contribution in [3.63, 3.8) is 0 Å². The molecule has 1 aliphatic heterocycles. The zero-order valence-corrected chi connectivity index (χ0v) is 17.3. The zero-order valence-electron chi connectivity index (χ0n) is 17.3. The minimum atomic E-state index is -4.51. The first kappa shape index (κ1) is 22.3. The summed E-state index contributed by atoms with van der Waals surface area (Å²) in [6.45, 7) is 1.38. The number of aromatic nitrogens is 3. The van der Waals surface area contributed by atoms with Crippen LogP contribution in [0.4, 0.5) is 19.0 Å². The van der Waals surface area contributed by atoms with Gasteiger partial charge in [-0.15, -0.1) is 0 Å². The number of nitrogens with zero attached hydrogens (tertiary/aromatic N) is 5. The summed E-state index contributed by atoms with van der Waals surface area (Å²) in [5.41, 5.74) is 2.05. The van der Waals surface area contributed by atoms with Crippen molar-refractivity contribution < 1.29 is 23.1 Å². The number of pyridine rings is 1. The number of aromatic amines is 1. The monoisotopic (exact) mass is 456 g/mol. The highest BCUT2D eigenvalue weighted by molar-refractivity contribution is 5.78. The van der Waals surface area contributed by atoms with Gasteiger partial charge in [0.1, 0.15) is 11.9 Å². The summed E-state index contributed by atoms with van der Waals surface area (Å²) in [5.74, 6) is -0.891. The Morgan fingerprint density at radius 1 is 1.21 bits per heavy atom. The van der Waals surface area contributed by atoms with Crippen LogP contribution in [-0.2, 0) is 17.5 Å². The number of carboxylic acids is 1. The van der Waals surface area contributed by atoms with Crippen molar-refractivity contribution >= 4 is 11.8 Å². The van der Waals surface area contributed by atoms with E-state index in [4.69, 9.17) is 5.26 Å². The van der Waals surface area contributed by atoms with Crippen LogP contribution in [-0.4, -0.2) is 56.8 Å². The molecule has 0 bridgehead atoms. The Labute approximate surface area is 186 Å². The molecule has 1 atom stereocenters. The van der Waals surface area contributed by atoms with Crippen LogP contribution in [0.3, 0.4) is 0 Å². The molecule has 4 rings (SSSR count). The number of halogens is 3. The molecule has 2 aromatic heterocycles. The van der Waals surface area contributed by atoms with Crippen LogP contribution in [0.5, 0.6) is 0 Å². The second-order valence-electron chi connectivity index (χ2n) is 7.63. The first-order valence-electron chi connectivity index (χ1n) is 10.0. The number of carboxylic acid groups (broad SMARTS) is 1. The predicted octanol–water partition coefficient (Wildman–Crippen LogP) is 3.14. The van der Waals surface area contributed by atoms with Gasteiger partial charge in [0.05, 0.1) is 22.9 Å². The molecule has 0 spiro atoms. The van der Waals surface area contributed by atoms with E-state index >= 15 is 0 Å². The summed E-state index contributed by atoms with van der Waals surface area (Å²) in [6, 6.07) is 10.2. The molecular weight excluding hydrogens is 437 g/mol. The number of carbonyl (C=O) groups is 1. The van der Waals surface area contributed by atoms with Gasteiger partial charge in [0.15, 0.2) is 0 Å². The van der Waals surface area contributed by atoms with Crippen molar-refractivity contribution in [2.24, 2.45) is 0 Å². The number of nitrogens with one attached hydrogen (secondary N) is 1. The number of alkyl halides is 3. The van der Waals surface area contributed by atoms with Crippen LogP contribution < -0.4 is 4.90 Å². The number of hydrogen-bond acceptors (Lipinski definition) is 6. The molecule has 0 amide bonds. The fourth-order valence-corrected chi connectivity index (χ4v) is 3.82. The molecule has 2 N–H and O–H groups in total. The fourth-order valence-electron chi connectivity index (χ4n) is 3.82. The van der Waals surface area contributed by atoms with Gasteiger partial charge in [-0.25, -0.2) is 9.78 Å². The quantitative estimate of drug-likeness (QED) is 0.607. The minimum Gasteiger partial charge on any atom is -0.480 e. The Morgan fingerprint density at radius 2 is 1.97 bits per heavy atom. The van der Waals surface area contributed by atoms with Crippen molar-refractivity contribution in [2.45, 2.75) is 18.8 Å². The van der Waals surface area contributed by atoms with E-state index in [1.165, 1.54) is 11.0 Å². The molecule has 3 aromatic rings. The van der Waals surface area contributed by atoms with Crippen LogP contribution in [0.25, 0.3) is 11.3 Å². The van der Waals surface area contributed by atoms with E-state index in [0.29, 0.717) is 30.9 Å². The second kappa shape index (κ2) is 8.91. The smallest absolute Gasteiger partial charge is 0.417 e. The van der Waals surface area contributed by atoms with Gasteiger partial charge >= 0.3 is 12.1 Å². The maximum Gasteiger partial charge on any atom is 0.417 e. The number of nitriles is 1. The Balaban J connectivity index is 1.49. The zero-order chi connectivity index (χ0) is 23.6. The summed E-state index contributed by atoms with van der Waals surface area (Å²) < 4.78 is 38.4. The van der Waals surface area contributed by atoms with Crippen LogP contribution in [0.1, 0.15) is 16.7 Å². The van der Waals surface area contributed by atoms with Crippen molar-refractivity contribution in [3.8, 4) is 17.3 Å². The van der Waals surface area contributed by atoms with Gasteiger partial charge in [-0.05, 0) is 24.3 Å². The van der Waals surface area contributed by atoms with Gasteiger partial charge in [0.2, 0.25) is 0 Å². The predicted molar refractivity (Wildman–Crippen MR) is 112 cm³/mol. The summed E-state index contributed by atoms with van der Waals surface area (Å²) in [6.07, 6.45) is -2.04. The lowest BCUT2D eigenvalue weighted by Gasteiger charge is -2.40. The molecule has 11 heteroatoms. The first-order chi connectivity index (χ1) is 15.8. The Bertz CT molecular complexity index is 1170. The molecule has 0 aliphatic carbocycles. The summed E-state index contributed by atoms with van der Waals surface area (Å²) in [7, 11) is 0. The molecule has 1 saturated heterocycles. The average Bonchev–Trinajstić information content (AvgIpc) is 3.26. The minimum absolute atomic E-state index is 0.163. The lowest BCUT2D eigenvalue weighted by atomic mass is 10.1. The Morgan fingerprint density at radius 3 is 2.58 bits per heavy atom. The first-order valence-corrected chi connectivity index (χ1v) is 10.0. The number of piperazine rings is 1. The average molecular weight is 456 g/mol. The standard InChI is InChI=1S/C22H19F3N6O2/c23-22(24,25)17-5-6-19(27-11-17)31-8-7-30(13-18(31)21(32)33)12-16-10-28-29-20(16)15-3-1-14(9-26)2-4-15/h1-6,10-11,18H,7-8,12-13H2,(H,28,29)(H,32,33)/t18-/m0/s1. The maximum atomic E-state index is 12.8. The number of hydrogen-bond donors (Lipinski definition) is 2. The Kier molecular flexibility index (Phi) is 6.02. The lowest BCUT2D eigenvalue weighted by Crippen LogP contribution is -2.56. The van der Waals surface area contributed by atoms with Gasteiger partial charge < -0.3 is 10.0 Å². The van der Waals surface area contributed by atoms with E-state index in [2.05, 4.69) is 21.3 Å². The number of H-pyrrole nitrogens is 1. The van der Waals surface area contributed by atoms with Gasteiger partial charge in [0, 0.05) is 49.7 Å². The van der Waals surface area contributed by atoms with E-state index in [1.807, 2.05) is 4.90 Å². The van der Waals surface area contributed by atoms with Crippen LogP contribution >= 0.6 is 0 Å². The highest BCUT2D eigenvalue weighted by Crippen LogP contribution is 2.30. The molecule has 3 heterocycles. The van der Waals surface area contributed by atoms with E-state index in [0.717, 1.165) is 23.4 Å². The third kappa shape index (κ3) is 4.80. The largest absolute Gasteiger partial charge is 0.480 e. The van der Waals surface area contributed by atoms with Crippen molar-refractivity contribution in [1.29, 1.82) is 5.26 Å². The third-order valence-corrected chi connectivity index (χ3v) is 5.52. The van der Waals surface area contributed by atoms with Gasteiger partial charge in [-0.2, -0.15) is 23.5 Å².